The monoisotopic (exact) mass is 365 g/mol. The highest BCUT2D eigenvalue weighted by Gasteiger charge is 2.30. The maximum atomic E-state index is 13.1. The van der Waals surface area contributed by atoms with Crippen molar-refractivity contribution in [1.82, 2.24) is 15.2 Å². The highest BCUT2D eigenvalue weighted by molar-refractivity contribution is 6.17. The number of nitrogens with one attached hydrogen (secondary N) is 2. The van der Waals surface area contributed by atoms with Crippen LogP contribution in [-0.2, 0) is 4.79 Å². The molecule has 0 saturated carbocycles. The van der Waals surface area contributed by atoms with Crippen LogP contribution in [0.3, 0.4) is 0 Å². The molecule has 27 heavy (non-hydrogen) atoms. The second kappa shape index (κ2) is 7.46. The smallest absolute Gasteiger partial charge is 0.257 e. The average Bonchev–Trinajstić information content (AvgIpc) is 3.03. The summed E-state index contributed by atoms with van der Waals surface area (Å²) in [5.41, 5.74) is 1.54. The number of aromatic nitrogens is 1. The van der Waals surface area contributed by atoms with Gasteiger partial charge in [-0.1, -0.05) is 12.1 Å². The van der Waals surface area contributed by atoms with Gasteiger partial charge in [0.25, 0.3) is 5.91 Å². The number of carbonyl (C=O) groups is 2. The number of nitrogens with zero attached hydrogens (tertiary/aromatic N) is 3. The summed E-state index contributed by atoms with van der Waals surface area (Å²) in [6.45, 7) is 2.05. The molecular weight excluding hydrogens is 342 g/mol. The molecule has 1 saturated heterocycles. The van der Waals surface area contributed by atoms with Gasteiger partial charge in [-0.15, -0.1) is 0 Å². The zero-order valence-corrected chi connectivity index (χ0v) is 15.3. The Labute approximate surface area is 158 Å². The van der Waals surface area contributed by atoms with Crippen molar-refractivity contribution in [2.75, 3.05) is 36.9 Å². The zero-order valence-electron chi connectivity index (χ0n) is 15.3. The lowest BCUT2D eigenvalue weighted by Gasteiger charge is -2.24. The number of anilines is 3. The van der Waals surface area contributed by atoms with Gasteiger partial charge in [0.05, 0.1) is 23.5 Å². The maximum Gasteiger partial charge on any atom is 0.257 e. The van der Waals surface area contributed by atoms with E-state index in [0.717, 1.165) is 19.5 Å². The van der Waals surface area contributed by atoms with Crippen molar-refractivity contribution in [1.29, 1.82) is 0 Å². The molecule has 7 nitrogen and oxygen atoms in total. The molecule has 1 fully saturated rings. The van der Waals surface area contributed by atoms with E-state index in [9.17, 15) is 9.59 Å². The third-order valence-electron chi connectivity index (χ3n) is 5.21. The van der Waals surface area contributed by atoms with Gasteiger partial charge in [-0.25, -0.2) is 4.98 Å². The number of likely N-dealkylation sites (tertiary alicyclic amines) is 1. The fourth-order valence-electron chi connectivity index (χ4n) is 3.75. The first kappa shape index (κ1) is 17.6. The first-order valence-electron chi connectivity index (χ1n) is 9.24. The first-order chi connectivity index (χ1) is 13.1. The quantitative estimate of drug-likeness (QED) is 0.867. The van der Waals surface area contributed by atoms with Crippen molar-refractivity contribution >= 4 is 29.0 Å². The molecule has 0 bridgehead atoms. The Morgan fingerprint density at radius 2 is 2.15 bits per heavy atom. The van der Waals surface area contributed by atoms with Crippen molar-refractivity contribution in [3.63, 3.8) is 0 Å². The van der Waals surface area contributed by atoms with Crippen molar-refractivity contribution in [3.05, 3.63) is 48.2 Å². The Bertz CT molecular complexity index is 869. The van der Waals surface area contributed by atoms with E-state index in [0.29, 0.717) is 28.8 Å². The number of carbonyl (C=O) groups excluding carboxylic acids is 2. The van der Waals surface area contributed by atoms with Gasteiger partial charge in [0.1, 0.15) is 0 Å². The molecule has 2 amide bonds. The highest BCUT2D eigenvalue weighted by Crippen LogP contribution is 2.35. The van der Waals surface area contributed by atoms with Crippen LogP contribution in [0.1, 0.15) is 23.2 Å². The standard InChI is InChI=1S/C20H23N5O2/c1-24-11-5-6-14(24)12-21-13-18(26)25-17-9-3-2-7-15(17)20(27)23-16-8-4-10-22-19(16)25/h2-4,7-10,14,21H,5-6,11-13H2,1H3,(H,23,27). The molecule has 140 valence electrons. The summed E-state index contributed by atoms with van der Waals surface area (Å²) in [5, 5.41) is 6.13. The van der Waals surface area contributed by atoms with E-state index in [1.54, 1.807) is 36.5 Å². The molecule has 2 N–H and O–H groups in total. The van der Waals surface area contributed by atoms with E-state index >= 15 is 0 Å². The van der Waals surface area contributed by atoms with Crippen LogP contribution < -0.4 is 15.5 Å². The van der Waals surface area contributed by atoms with Gasteiger partial charge in [0, 0.05) is 18.8 Å². The van der Waals surface area contributed by atoms with Gasteiger partial charge in [0.15, 0.2) is 5.82 Å². The SMILES string of the molecule is CN1CCCC1CNCC(=O)N1c2ccccc2C(=O)Nc2cccnc21. The Morgan fingerprint density at radius 1 is 1.30 bits per heavy atom. The summed E-state index contributed by atoms with van der Waals surface area (Å²) in [5.74, 6) is 0.0656. The van der Waals surface area contributed by atoms with E-state index in [-0.39, 0.29) is 18.4 Å². The molecule has 7 heteroatoms. The summed E-state index contributed by atoms with van der Waals surface area (Å²) in [6, 6.07) is 11.1. The average molecular weight is 365 g/mol. The molecule has 2 aromatic rings. The molecular formula is C20H23N5O2. The molecule has 0 spiro atoms. The number of para-hydroxylation sites is 1. The molecule has 1 unspecified atom stereocenters. The minimum Gasteiger partial charge on any atom is -0.319 e. The topological polar surface area (TPSA) is 77.6 Å². The van der Waals surface area contributed by atoms with Gasteiger partial charge in [-0.2, -0.15) is 0 Å². The number of rotatable bonds is 4. The van der Waals surface area contributed by atoms with E-state index in [1.807, 2.05) is 6.07 Å². The van der Waals surface area contributed by atoms with Crippen LogP contribution in [0.2, 0.25) is 0 Å². The number of amides is 2. The van der Waals surface area contributed by atoms with Crippen molar-refractivity contribution < 1.29 is 9.59 Å². The van der Waals surface area contributed by atoms with Gasteiger partial charge in [0.2, 0.25) is 5.91 Å². The number of likely N-dealkylation sites (N-methyl/N-ethyl adjacent to an activating group) is 1. The molecule has 1 atom stereocenters. The predicted octanol–water partition coefficient (Wildman–Crippen LogP) is 2.00. The van der Waals surface area contributed by atoms with Crippen LogP contribution in [0.4, 0.5) is 17.2 Å². The van der Waals surface area contributed by atoms with Crippen molar-refractivity contribution in [2.45, 2.75) is 18.9 Å². The van der Waals surface area contributed by atoms with Crippen LogP contribution in [-0.4, -0.2) is 54.4 Å². The number of hydrogen-bond acceptors (Lipinski definition) is 5. The number of hydrogen-bond donors (Lipinski definition) is 2. The fraction of sp³-hybridized carbons (Fsp3) is 0.350. The van der Waals surface area contributed by atoms with Crippen molar-refractivity contribution in [2.24, 2.45) is 0 Å². The molecule has 3 heterocycles. The lowest BCUT2D eigenvalue weighted by Crippen LogP contribution is -2.41. The molecule has 2 aliphatic rings. The summed E-state index contributed by atoms with van der Waals surface area (Å²) in [6.07, 6.45) is 3.97. The van der Waals surface area contributed by atoms with E-state index < -0.39 is 0 Å². The fourth-order valence-corrected chi connectivity index (χ4v) is 3.75. The molecule has 2 aliphatic heterocycles. The summed E-state index contributed by atoms with van der Waals surface area (Å²) in [4.78, 5) is 33.9. The molecule has 0 aliphatic carbocycles. The normalized spacial score (nSPS) is 19.2. The minimum atomic E-state index is -0.240. The van der Waals surface area contributed by atoms with Crippen molar-refractivity contribution in [3.8, 4) is 0 Å². The maximum absolute atomic E-state index is 13.1. The van der Waals surface area contributed by atoms with Gasteiger partial charge in [-0.05, 0) is 50.7 Å². The first-order valence-corrected chi connectivity index (χ1v) is 9.24. The second-order valence-electron chi connectivity index (χ2n) is 6.98. The lowest BCUT2D eigenvalue weighted by atomic mass is 10.1. The van der Waals surface area contributed by atoms with Crippen LogP contribution in [0.5, 0.6) is 0 Å². The minimum absolute atomic E-state index is 0.139. The number of fused-ring (bicyclic) bond motifs is 2. The number of pyridine rings is 1. The third kappa shape index (κ3) is 3.43. The third-order valence-corrected chi connectivity index (χ3v) is 5.21. The van der Waals surface area contributed by atoms with E-state index in [1.165, 1.54) is 11.3 Å². The summed E-state index contributed by atoms with van der Waals surface area (Å²) in [7, 11) is 2.11. The van der Waals surface area contributed by atoms with Crippen LogP contribution >= 0.6 is 0 Å². The molecule has 1 aromatic carbocycles. The van der Waals surface area contributed by atoms with Crippen LogP contribution in [0.25, 0.3) is 0 Å². The largest absolute Gasteiger partial charge is 0.319 e. The van der Waals surface area contributed by atoms with Gasteiger partial charge >= 0.3 is 0 Å². The predicted molar refractivity (Wildman–Crippen MR) is 104 cm³/mol. The zero-order chi connectivity index (χ0) is 18.8. The highest BCUT2D eigenvalue weighted by atomic mass is 16.2. The Morgan fingerprint density at radius 3 is 2.96 bits per heavy atom. The Kier molecular flexibility index (Phi) is 4.87. The van der Waals surface area contributed by atoms with Gasteiger partial charge in [-0.3, -0.25) is 14.5 Å². The Hall–Kier alpha value is -2.77. The van der Waals surface area contributed by atoms with E-state index in [4.69, 9.17) is 0 Å². The second-order valence-corrected chi connectivity index (χ2v) is 6.98. The summed E-state index contributed by atoms with van der Waals surface area (Å²) < 4.78 is 0. The van der Waals surface area contributed by atoms with Crippen LogP contribution in [0.15, 0.2) is 42.6 Å². The molecule has 1 aromatic heterocycles. The molecule has 4 rings (SSSR count). The van der Waals surface area contributed by atoms with E-state index in [2.05, 4.69) is 27.6 Å². The summed E-state index contributed by atoms with van der Waals surface area (Å²) >= 11 is 0. The number of benzene rings is 1. The molecule has 0 radical (unpaired) electrons. The lowest BCUT2D eigenvalue weighted by molar-refractivity contribution is -0.117. The van der Waals surface area contributed by atoms with Crippen LogP contribution in [0, 0.1) is 0 Å². The van der Waals surface area contributed by atoms with Gasteiger partial charge < -0.3 is 15.5 Å². The Balaban J connectivity index is 1.59.